The van der Waals surface area contributed by atoms with Gasteiger partial charge in [-0.05, 0) is 36.8 Å². The molecule has 1 aliphatic rings. The quantitative estimate of drug-likeness (QED) is 0.832. The topological polar surface area (TPSA) is 52.3 Å². The normalized spacial score (nSPS) is 20.0. The molecule has 0 saturated heterocycles. The van der Waals surface area contributed by atoms with Crippen molar-refractivity contribution >= 4 is 5.97 Å². The molecule has 98 valence electrons. The van der Waals surface area contributed by atoms with Gasteiger partial charge in [0.2, 0.25) is 0 Å². The molecule has 0 spiro atoms. The van der Waals surface area contributed by atoms with Crippen LogP contribution < -0.4 is 5.73 Å². The number of fused-ring (bicyclic) bond motifs is 1. The van der Waals surface area contributed by atoms with Gasteiger partial charge in [0.15, 0.2) is 0 Å². The number of ether oxygens (including phenoxy) is 1. The van der Waals surface area contributed by atoms with Gasteiger partial charge in [-0.15, -0.1) is 0 Å². The Morgan fingerprint density at radius 2 is 2.28 bits per heavy atom. The van der Waals surface area contributed by atoms with Crippen LogP contribution >= 0.6 is 0 Å². The second-order valence-corrected chi connectivity index (χ2v) is 4.86. The lowest BCUT2D eigenvalue weighted by atomic mass is 9.89. The van der Waals surface area contributed by atoms with Gasteiger partial charge < -0.3 is 10.5 Å². The smallest absolute Gasteiger partial charge is 0.310 e. The summed E-state index contributed by atoms with van der Waals surface area (Å²) in [6.45, 7) is 2.33. The molecule has 1 aromatic carbocycles. The summed E-state index contributed by atoms with van der Waals surface area (Å²) in [4.78, 5) is 12.0. The van der Waals surface area contributed by atoms with E-state index >= 15 is 0 Å². The van der Waals surface area contributed by atoms with E-state index in [2.05, 4.69) is 12.1 Å². The Balaban J connectivity index is 2.09. The highest BCUT2D eigenvalue weighted by molar-refractivity contribution is 5.73. The Morgan fingerprint density at radius 1 is 1.50 bits per heavy atom. The molecule has 0 aliphatic heterocycles. The van der Waals surface area contributed by atoms with Crippen LogP contribution in [-0.2, 0) is 16.0 Å². The molecule has 3 nitrogen and oxygen atoms in total. The minimum absolute atomic E-state index is 0.0805. The fraction of sp³-hybridized carbons (Fsp3) is 0.533. The summed E-state index contributed by atoms with van der Waals surface area (Å²) in [5.41, 5.74) is 8.06. The van der Waals surface area contributed by atoms with E-state index in [1.807, 2.05) is 19.1 Å². The molecule has 1 aliphatic carbocycles. The zero-order chi connectivity index (χ0) is 13.0. The minimum Gasteiger partial charge on any atom is -0.457 e. The number of aryl methyl sites for hydroxylation is 1. The highest BCUT2D eigenvalue weighted by atomic mass is 16.5. The van der Waals surface area contributed by atoms with E-state index in [4.69, 9.17) is 10.5 Å². The largest absolute Gasteiger partial charge is 0.457 e. The first-order valence-electron chi connectivity index (χ1n) is 6.74. The molecule has 2 rings (SSSR count). The third kappa shape index (κ3) is 2.72. The second kappa shape index (κ2) is 6.01. The van der Waals surface area contributed by atoms with Gasteiger partial charge in [-0.2, -0.15) is 0 Å². The lowest BCUT2D eigenvalue weighted by molar-refractivity contribution is -0.155. The zero-order valence-corrected chi connectivity index (χ0v) is 10.9. The van der Waals surface area contributed by atoms with Crippen molar-refractivity contribution in [3.05, 3.63) is 35.4 Å². The Hall–Kier alpha value is -1.35. The molecule has 0 heterocycles. The lowest BCUT2D eigenvalue weighted by Crippen LogP contribution is -2.27. The van der Waals surface area contributed by atoms with Crippen LogP contribution in [0.1, 0.15) is 43.4 Å². The van der Waals surface area contributed by atoms with Crippen LogP contribution in [0.3, 0.4) is 0 Å². The molecule has 2 atom stereocenters. The van der Waals surface area contributed by atoms with E-state index in [1.54, 1.807) is 0 Å². The molecule has 0 amide bonds. The maximum atomic E-state index is 12.0. The number of hydrogen-bond donors (Lipinski definition) is 1. The Labute approximate surface area is 108 Å². The van der Waals surface area contributed by atoms with Gasteiger partial charge >= 0.3 is 5.97 Å². The van der Waals surface area contributed by atoms with Crippen molar-refractivity contribution in [3.8, 4) is 0 Å². The maximum absolute atomic E-state index is 12.0. The van der Waals surface area contributed by atoms with E-state index in [1.165, 1.54) is 11.1 Å². The van der Waals surface area contributed by atoms with Crippen LogP contribution in [0, 0.1) is 5.92 Å². The van der Waals surface area contributed by atoms with E-state index in [9.17, 15) is 4.79 Å². The summed E-state index contributed by atoms with van der Waals surface area (Å²) in [5, 5.41) is 0. The van der Waals surface area contributed by atoms with Gasteiger partial charge in [0.1, 0.15) is 6.10 Å². The van der Waals surface area contributed by atoms with Crippen LogP contribution in [0.15, 0.2) is 24.3 Å². The Morgan fingerprint density at radius 3 is 3.00 bits per heavy atom. The molecule has 0 saturated carbocycles. The molecule has 1 aromatic rings. The number of nitrogens with two attached hydrogens (primary N) is 1. The molecule has 18 heavy (non-hydrogen) atoms. The third-order valence-electron chi connectivity index (χ3n) is 3.68. The van der Waals surface area contributed by atoms with Crippen LogP contribution in [0.2, 0.25) is 0 Å². The summed E-state index contributed by atoms with van der Waals surface area (Å²) in [6.07, 6.45) is 3.74. The zero-order valence-electron chi connectivity index (χ0n) is 10.9. The van der Waals surface area contributed by atoms with Gasteiger partial charge in [-0.25, -0.2) is 0 Å². The number of carbonyl (C=O) groups is 1. The van der Waals surface area contributed by atoms with Crippen LogP contribution in [0.25, 0.3) is 0 Å². The van der Waals surface area contributed by atoms with E-state index in [0.29, 0.717) is 6.54 Å². The summed E-state index contributed by atoms with van der Waals surface area (Å²) in [5.74, 6) is -0.319. The van der Waals surface area contributed by atoms with Crippen LogP contribution in [-0.4, -0.2) is 12.5 Å². The summed E-state index contributed by atoms with van der Waals surface area (Å²) in [6, 6.07) is 8.23. The minimum atomic E-state index is -0.168. The highest BCUT2D eigenvalue weighted by Gasteiger charge is 2.25. The molecule has 3 heteroatoms. The predicted molar refractivity (Wildman–Crippen MR) is 71.0 cm³/mol. The average molecular weight is 247 g/mol. The number of hydrogen-bond acceptors (Lipinski definition) is 3. The molecular formula is C15H21NO2. The average Bonchev–Trinajstić information content (AvgIpc) is 2.40. The van der Waals surface area contributed by atoms with E-state index in [0.717, 1.165) is 25.7 Å². The molecule has 0 radical (unpaired) electrons. The molecule has 0 fully saturated rings. The summed E-state index contributed by atoms with van der Waals surface area (Å²) < 4.78 is 5.64. The van der Waals surface area contributed by atoms with Gasteiger partial charge in [-0.3, -0.25) is 4.79 Å². The number of benzene rings is 1. The Bertz CT molecular complexity index is 413. The predicted octanol–water partition coefficient (Wildman–Crippen LogP) is 2.59. The maximum Gasteiger partial charge on any atom is 0.310 e. The van der Waals surface area contributed by atoms with Crippen molar-refractivity contribution < 1.29 is 9.53 Å². The molecular weight excluding hydrogens is 226 g/mol. The highest BCUT2D eigenvalue weighted by Crippen LogP contribution is 2.32. The lowest BCUT2D eigenvalue weighted by Gasteiger charge is -2.26. The fourth-order valence-corrected chi connectivity index (χ4v) is 2.50. The van der Waals surface area contributed by atoms with Crippen LogP contribution in [0.4, 0.5) is 0 Å². The van der Waals surface area contributed by atoms with Gasteiger partial charge in [0.25, 0.3) is 0 Å². The second-order valence-electron chi connectivity index (χ2n) is 4.86. The van der Waals surface area contributed by atoms with Crippen LogP contribution in [0.5, 0.6) is 0 Å². The van der Waals surface area contributed by atoms with Crippen molar-refractivity contribution in [2.75, 3.05) is 6.54 Å². The van der Waals surface area contributed by atoms with Gasteiger partial charge in [0, 0.05) is 6.54 Å². The summed E-state index contributed by atoms with van der Waals surface area (Å²) >= 11 is 0. The fourth-order valence-electron chi connectivity index (χ4n) is 2.50. The molecule has 2 unspecified atom stereocenters. The van der Waals surface area contributed by atoms with Crippen molar-refractivity contribution in [1.29, 1.82) is 0 Å². The molecule has 0 aromatic heterocycles. The third-order valence-corrected chi connectivity index (χ3v) is 3.68. The first kappa shape index (κ1) is 13.1. The molecule has 2 N–H and O–H groups in total. The first-order chi connectivity index (χ1) is 8.76. The Kier molecular flexibility index (Phi) is 4.37. The van der Waals surface area contributed by atoms with Crippen molar-refractivity contribution in [2.45, 2.75) is 38.7 Å². The van der Waals surface area contributed by atoms with Gasteiger partial charge in [0.05, 0.1) is 5.92 Å². The van der Waals surface area contributed by atoms with Crippen molar-refractivity contribution in [3.63, 3.8) is 0 Å². The number of esters is 1. The first-order valence-corrected chi connectivity index (χ1v) is 6.74. The molecule has 0 bridgehead atoms. The SMILES string of the molecule is CCC(CN)C(=O)OC1CCCc2ccccc21. The van der Waals surface area contributed by atoms with Crippen molar-refractivity contribution in [1.82, 2.24) is 0 Å². The number of carbonyl (C=O) groups excluding carboxylic acids is 1. The monoisotopic (exact) mass is 247 g/mol. The summed E-state index contributed by atoms with van der Waals surface area (Å²) in [7, 11) is 0. The van der Waals surface area contributed by atoms with E-state index < -0.39 is 0 Å². The standard InChI is InChI=1S/C15H21NO2/c1-2-11(10-16)15(17)18-14-9-5-7-12-6-3-4-8-13(12)14/h3-4,6,8,11,14H,2,5,7,9-10,16H2,1H3. The van der Waals surface area contributed by atoms with Crippen molar-refractivity contribution in [2.24, 2.45) is 11.7 Å². The van der Waals surface area contributed by atoms with Gasteiger partial charge in [-0.1, -0.05) is 31.2 Å². The number of rotatable bonds is 4. The van der Waals surface area contributed by atoms with E-state index in [-0.39, 0.29) is 18.0 Å².